The van der Waals surface area contributed by atoms with Crippen LogP contribution in [0.25, 0.3) is 0 Å². The lowest BCUT2D eigenvalue weighted by Crippen LogP contribution is -2.55. The maximum absolute atomic E-state index is 2.70. The second-order valence-corrected chi connectivity index (χ2v) is 8.58. The van der Waals surface area contributed by atoms with Gasteiger partial charge in [-0.3, -0.25) is 0 Å². The van der Waals surface area contributed by atoms with Gasteiger partial charge in [0.15, 0.2) is 5.66 Å². The van der Waals surface area contributed by atoms with E-state index in [1.165, 1.54) is 45.0 Å². The lowest BCUT2D eigenvalue weighted by Gasteiger charge is -2.54. The lowest BCUT2D eigenvalue weighted by molar-refractivity contribution is 0.285. The van der Waals surface area contributed by atoms with Gasteiger partial charge in [0.05, 0.1) is 0 Å². The fourth-order valence-corrected chi connectivity index (χ4v) is 6.68. The summed E-state index contributed by atoms with van der Waals surface area (Å²) in [4.78, 5) is 0. The Morgan fingerprint density at radius 1 is 0.481 bits per heavy atom. The Kier molecular flexibility index (Phi) is 1.94. The quantitative estimate of drug-likeness (QED) is 0.389. The molecule has 2 aromatic heterocycles. The van der Waals surface area contributed by atoms with Crippen LogP contribution in [0.15, 0.2) is 60.7 Å². The Morgan fingerprint density at radius 3 is 1.15 bits per heavy atom. The lowest BCUT2D eigenvalue weighted by atomic mass is 9.70. The minimum absolute atomic E-state index is 0.201. The van der Waals surface area contributed by atoms with Crippen molar-refractivity contribution in [3.63, 3.8) is 0 Å². The predicted molar refractivity (Wildman–Crippen MR) is 105 cm³/mol. The summed E-state index contributed by atoms with van der Waals surface area (Å²) in [5.41, 5.74) is 14.8. The molecule has 8 rings (SSSR count). The largest absolute Gasteiger partial charge is 0.317 e. The highest BCUT2D eigenvalue weighted by Gasteiger charge is 2.54. The van der Waals surface area contributed by atoms with Crippen molar-refractivity contribution < 1.29 is 0 Å². The summed E-state index contributed by atoms with van der Waals surface area (Å²) in [6.07, 6.45) is 4.20. The smallest absolute Gasteiger partial charge is 0.175 e. The van der Waals surface area contributed by atoms with Crippen molar-refractivity contribution in [1.82, 2.24) is 9.13 Å². The molecular formula is C25H18N2. The van der Waals surface area contributed by atoms with Gasteiger partial charge >= 0.3 is 0 Å². The van der Waals surface area contributed by atoms with Gasteiger partial charge in [0.2, 0.25) is 0 Å². The van der Waals surface area contributed by atoms with Crippen molar-refractivity contribution >= 4 is 0 Å². The number of nitrogens with zero attached hydrogens (tertiary/aromatic N) is 2. The van der Waals surface area contributed by atoms with Crippen molar-refractivity contribution in [2.75, 3.05) is 0 Å². The molecule has 4 aliphatic heterocycles. The molecule has 0 bridgehead atoms. The first-order valence-electron chi connectivity index (χ1n) is 9.98. The first-order valence-corrected chi connectivity index (χ1v) is 9.98. The average Bonchev–Trinajstić information content (AvgIpc) is 3.28. The van der Waals surface area contributed by atoms with Crippen LogP contribution in [0.4, 0.5) is 0 Å². The molecule has 2 nitrogen and oxygen atoms in total. The zero-order valence-electron chi connectivity index (χ0n) is 15.0. The van der Waals surface area contributed by atoms with Gasteiger partial charge in [-0.25, -0.2) is 0 Å². The van der Waals surface area contributed by atoms with Crippen LogP contribution in [-0.4, -0.2) is 9.13 Å². The normalized spacial score (nSPS) is 18.1. The molecular weight excluding hydrogens is 328 g/mol. The zero-order valence-corrected chi connectivity index (χ0v) is 15.0. The summed E-state index contributed by atoms with van der Waals surface area (Å²) in [5.74, 6) is 0. The van der Waals surface area contributed by atoms with E-state index >= 15 is 0 Å². The molecule has 2 aromatic carbocycles. The van der Waals surface area contributed by atoms with Crippen LogP contribution in [0.2, 0.25) is 0 Å². The Balaban J connectivity index is 1.70. The molecule has 0 radical (unpaired) electrons. The topological polar surface area (TPSA) is 9.86 Å². The second-order valence-electron chi connectivity index (χ2n) is 8.58. The van der Waals surface area contributed by atoms with Crippen molar-refractivity contribution in [2.24, 2.45) is 0 Å². The molecule has 0 N–H and O–H groups in total. The molecule has 128 valence electrons. The SMILES string of the molecule is c1cc2c3c(c1)Cc1ccc4n1C31c3c(cccc3C4)Cc3ccc(n31)C2. The van der Waals surface area contributed by atoms with Gasteiger partial charge in [0, 0.05) is 59.6 Å². The molecule has 0 unspecified atom stereocenters. The third-order valence-corrected chi connectivity index (χ3v) is 7.39. The van der Waals surface area contributed by atoms with E-state index in [0.29, 0.717) is 0 Å². The minimum Gasteiger partial charge on any atom is -0.317 e. The molecule has 0 aliphatic carbocycles. The van der Waals surface area contributed by atoms with Crippen molar-refractivity contribution in [1.29, 1.82) is 0 Å². The molecule has 27 heavy (non-hydrogen) atoms. The highest BCUT2D eigenvalue weighted by atomic mass is 15.3. The summed E-state index contributed by atoms with van der Waals surface area (Å²) in [6.45, 7) is 0. The van der Waals surface area contributed by atoms with Crippen molar-refractivity contribution in [3.8, 4) is 0 Å². The number of aromatic nitrogens is 2. The molecule has 0 amide bonds. The Morgan fingerprint density at radius 2 is 0.815 bits per heavy atom. The van der Waals surface area contributed by atoms with E-state index in [9.17, 15) is 0 Å². The molecule has 4 aliphatic rings. The third-order valence-electron chi connectivity index (χ3n) is 7.39. The number of hydrogen-bond acceptors (Lipinski definition) is 0. The number of hydrogen-bond donors (Lipinski definition) is 0. The van der Waals surface area contributed by atoms with E-state index in [1.54, 1.807) is 11.1 Å². The molecule has 0 saturated carbocycles. The third kappa shape index (κ3) is 1.22. The van der Waals surface area contributed by atoms with E-state index in [2.05, 4.69) is 69.8 Å². The first-order chi connectivity index (χ1) is 13.4. The monoisotopic (exact) mass is 346 g/mol. The summed E-state index contributed by atoms with van der Waals surface area (Å²) in [7, 11) is 0. The summed E-state index contributed by atoms with van der Waals surface area (Å²) < 4.78 is 5.41. The first kappa shape index (κ1) is 13.2. The Labute approximate surface area is 157 Å². The summed E-state index contributed by atoms with van der Waals surface area (Å²) in [5, 5.41) is 0. The van der Waals surface area contributed by atoms with E-state index in [0.717, 1.165) is 25.7 Å². The molecule has 0 saturated heterocycles. The standard InChI is InChI=1S/C25H18N2/c1-3-15-11-19-7-9-21-13-17-5-2-6-18-14-22-10-8-20-12-16(4-1)23(15)25(24(17)18,26(19)21)27(20)22/h1-10H,11-14H2. The maximum Gasteiger partial charge on any atom is 0.175 e. The molecule has 1 spiro atoms. The van der Waals surface area contributed by atoms with Crippen LogP contribution in [0.5, 0.6) is 0 Å². The van der Waals surface area contributed by atoms with E-state index in [1.807, 2.05) is 0 Å². The maximum atomic E-state index is 2.70. The Bertz CT molecular complexity index is 1140. The number of benzene rings is 2. The Hall–Kier alpha value is -3.00. The van der Waals surface area contributed by atoms with Crippen LogP contribution < -0.4 is 0 Å². The zero-order chi connectivity index (χ0) is 17.3. The van der Waals surface area contributed by atoms with Gasteiger partial charge in [0.1, 0.15) is 0 Å². The van der Waals surface area contributed by atoms with Crippen molar-refractivity contribution in [3.05, 3.63) is 117 Å². The molecule has 6 heterocycles. The number of rotatable bonds is 0. The van der Waals surface area contributed by atoms with Gasteiger partial charge in [-0.15, -0.1) is 0 Å². The van der Waals surface area contributed by atoms with Crippen LogP contribution in [0.1, 0.15) is 56.2 Å². The minimum atomic E-state index is -0.201. The van der Waals surface area contributed by atoms with Crippen LogP contribution >= 0.6 is 0 Å². The summed E-state index contributed by atoms with van der Waals surface area (Å²) in [6, 6.07) is 23.5. The predicted octanol–water partition coefficient (Wildman–Crippen LogP) is 4.20. The van der Waals surface area contributed by atoms with Gasteiger partial charge in [0.25, 0.3) is 0 Å². The average molecular weight is 346 g/mol. The van der Waals surface area contributed by atoms with Crippen LogP contribution in [0.3, 0.4) is 0 Å². The van der Waals surface area contributed by atoms with E-state index in [4.69, 9.17) is 0 Å². The van der Waals surface area contributed by atoms with Crippen molar-refractivity contribution in [2.45, 2.75) is 31.3 Å². The van der Waals surface area contributed by atoms with Gasteiger partial charge in [-0.05, 0) is 46.5 Å². The molecule has 0 atom stereocenters. The highest BCUT2D eigenvalue weighted by Crippen LogP contribution is 2.55. The molecule has 2 heteroatoms. The van der Waals surface area contributed by atoms with Crippen LogP contribution in [0, 0.1) is 0 Å². The fraction of sp³-hybridized carbons (Fsp3) is 0.200. The second kappa shape index (κ2) is 3.96. The van der Waals surface area contributed by atoms with Crippen LogP contribution in [-0.2, 0) is 31.3 Å². The highest BCUT2D eigenvalue weighted by molar-refractivity contribution is 5.65. The fourth-order valence-electron chi connectivity index (χ4n) is 6.68. The molecule has 4 aromatic rings. The molecule has 0 fully saturated rings. The summed E-state index contributed by atoms with van der Waals surface area (Å²) >= 11 is 0. The van der Waals surface area contributed by atoms with E-state index in [-0.39, 0.29) is 5.66 Å². The van der Waals surface area contributed by atoms with Gasteiger partial charge in [-0.2, -0.15) is 0 Å². The van der Waals surface area contributed by atoms with Gasteiger partial charge in [-0.1, -0.05) is 36.4 Å². The van der Waals surface area contributed by atoms with Gasteiger partial charge < -0.3 is 9.13 Å². The van der Waals surface area contributed by atoms with E-state index < -0.39 is 0 Å².